The van der Waals surface area contributed by atoms with Crippen molar-refractivity contribution in [1.29, 1.82) is 0 Å². The van der Waals surface area contributed by atoms with Gasteiger partial charge in [-0.1, -0.05) is 37.3 Å². The fourth-order valence-corrected chi connectivity index (χ4v) is 5.58. The molecule has 8 nitrogen and oxygen atoms in total. The lowest BCUT2D eigenvalue weighted by molar-refractivity contribution is -0.137. The Morgan fingerprint density at radius 2 is 2.03 bits per heavy atom. The van der Waals surface area contributed by atoms with Crippen molar-refractivity contribution in [3.8, 4) is 0 Å². The number of fused-ring (bicyclic) bond motifs is 2. The minimum Gasteiger partial charge on any atom is -0.394 e. The summed E-state index contributed by atoms with van der Waals surface area (Å²) in [6.45, 7) is 2.32. The fraction of sp³-hybridized carbons (Fsp3) is 0.393. The van der Waals surface area contributed by atoms with Crippen molar-refractivity contribution in [3.05, 3.63) is 65.7 Å². The van der Waals surface area contributed by atoms with Crippen LogP contribution in [0.3, 0.4) is 0 Å². The van der Waals surface area contributed by atoms with Gasteiger partial charge < -0.3 is 20.4 Å². The van der Waals surface area contributed by atoms with Crippen molar-refractivity contribution in [1.82, 2.24) is 4.90 Å². The number of aliphatic hydroxyl groups excluding tert-OH is 1. The molecule has 0 radical (unpaired) electrons. The van der Waals surface area contributed by atoms with Crippen LogP contribution in [0.15, 0.2) is 54.6 Å². The highest BCUT2D eigenvalue weighted by Gasteiger charge is 2.49. The van der Waals surface area contributed by atoms with Crippen molar-refractivity contribution in [2.45, 2.75) is 50.7 Å². The van der Waals surface area contributed by atoms with E-state index in [4.69, 9.17) is 0 Å². The minimum atomic E-state index is -1.84. The Kier molecular flexibility index (Phi) is 6.40. The van der Waals surface area contributed by atoms with E-state index in [1.54, 1.807) is 47.1 Å². The van der Waals surface area contributed by atoms with Crippen LogP contribution in [0.2, 0.25) is 0 Å². The summed E-state index contributed by atoms with van der Waals surface area (Å²) in [4.78, 5) is 41.8. The molecule has 188 valence electrons. The molecule has 0 spiro atoms. The van der Waals surface area contributed by atoms with Gasteiger partial charge in [-0.05, 0) is 49.1 Å². The van der Waals surface area contributed by atoms with Gasteiger partial charge in [0.1, 0.15) is 0 Å². The molecule has 3 amide bonds. The summed E-state index contributed by atoms with van der Waals surface area (Å²) >= 11 is 0. The van der Waals surface area contributed by atoms with E-state index in [2.05, 4.69) is 5.32 Å². The average molecular weight is 490 g/mol. The zero-order valence-electron chi connectivity index (χ0n) is 20.3. The summed E-state index contributed by atoms with van der Waals surface area (Å²) in [7, 11) is 0. The van der Waals surface area contributed by atoms with Crippen LogP contribution in [-0.4, -0.2) is 52.0 Å². The molecule has 1 saturated heterocycles. The largest absolute Gasteiger partial charge is 0.394 e. The number of aliphatic hydroxyl groups is 2. The van der Waals surface area contributed by atoms with Crippen LogP contribution in [0.4, 0.5) is 17.1 Å². The molecule has 0 bridgehead atoms. The summed E-state index contributed by atoms with van der Waals surface area (Å²) in [6, 6.07) is 12.8. The van der Waals surface area contributed by atoms with Crippen molar-refractivity contribution >= 4 is 34.8 Å². The zero-order chi connectivity index (χ0) is 25.4. The fourth-order valence-electron chi connectivity index (χ4n) is 5.58. The molecule has 3 heterocycles. The number of nitrogens with one attached hydrogen (secondary N) is 1. The molecular weight excluding hydrogens is 458 g/mol. The van der Waals surface area contributed by atoms with E-state index < -0.39 is 17.4 Å². The van der Waals surface area contributed by atoms with Gasteiger partial charge in [-0.3, -0.25) is 19.3 Å². The molecule has 0 saturated carbocycles. The standard InChI is InChI=1S/C28H31N3O5/c1-18(6-4-10-25(33)30-15-5-8-21(30)17-32)28(36)22-16-20(12-13-23(22)29-27(28)35)31-24-9-3-2-7-19(24)11-14-26(31)34/h2-4,6-7,9,12-13,16,18,21,32,36H,5,8,10-11,14-15,17H2,1H3,(H,29,35)/b6-4+/t18-,21-,28+/m0/s1. The highest BCUT2D eigenvalue weighted by molar-refractivity contribution is 6.07. The number of para-hydroxylation sites is 1. The minimum absolute atomic E-state index is 0.0379. The number of hydrogen-bond acceptors (Lipinski definition) is 5. The number of anilines is 3. The maximum absolute atomic E-state index is 13.0. The first kappa shape index (κ1) is 24.2. The summed E-state index contributed by atoms with van der Waals surface area (Å²) in [5.74, 6) is -1.28. The van der Waals surface area contributed by atoms with E-state index in [9.17, 15) is 24.6 Å². The Morgan fingerprint density at radius 1 is 1.22 bits per heavy atom. The first-order valence-corrected chi connectivity index (χ1v) is 12.5. The third-order valence-electron chi connectivity index (χ3n) is 7.64. The van der Waals surface area contributed by atoms with Crippen molar-refractivity contribution in [2.75, 3.05) is 23.4 Å². The van der Waals surface area contributed by atoms with Gasteiger partial charge >= 0.3 is 0 Å². The number of likely N-dealkylation sites (tertiary alicyclic amines) is 1. The second-order valence-electron chi connectivity index (χ2n) is 9.79. The number of carbonyl (C=O) groups excluding carboxylic acids is 3. The van der Waals surface area contributed by atoms with Gasteiger partial charge in [-0.2, -0.15) is 0 Å². The quantitative estimate of drug-likeness (QED) is 0.541. The molecular formula is C28H31N3O5. The Bertz CT molecular complexity index is 1240. The van der Waals surface area contributed by atoms with Crippen LogP contribution in [0.1, 0.15) is 43.7 Å². The highest BCUT2D eigenvalue weighted by Crippen LogP contribution is 2.45. The molecule has 1 fully saturated rings. The maximum atomic E-state index is 13.0. The molecule has 2 aromatic carbocycles. The summed E-state index contributed by atoms with van der Waals surface area (Å²) < 4.78 is 0. The molecule has 3 aliphatic rings. The summed E-state index contributed by atoms with van der Waals surface area (Å²) in [6.07, 6.45) is 6.23. The molecule has 36 heavy (non-hydrogen) atoms. The first-order chi connectivity index (χ1) is 17.3. The second-order valence-corrected chi connectivity index (χ2v) is 9.79. The summed E-state index contributed by atoms with van der Waals surface area (Å²) in [5, 5.41) is 23.9. The number of carbonyl (C=O) groups is 3. The van der Waals surface area contributed by atoms with Crippen LogP contribution >= 0.6 is 0 Å². The van der Waals surface area contributed by atoms with E-state index in [-0.39, 0.29) is 30.9 Å². The number of benzene rings is 2. The number of aryl methyl sites for hydroxylation is 1. The number of amides is 3. The van der Waals surface area contributed by atoms with Crippen LogP contribution < -0.4 is 10.2 Å². The average Bonchev–Trinajstić information content (AvgIpc) is 3.46. The normalized spacial score (nSPS) is 24.1. The second kappa shape index (κ2) is 9.52. The SMILES string of the molecule is C[C@@H](/C=C/CC(=O)N1CCC[C@H]1CO)[C@]1(O)C(=O)Nc2ccc(N3C(=O)CCc4ccccc43)cc21. The Labute approximate surface area is 210 Å². The first-order valence-electron chi connectivity index (χ1n) is 12.5. The van der Waals surface area contributed by atoms with Crippen molar-refractivity contribution < 1.29 is 24.6 Å². The molecule has 0 unspecified atom stereocenters. The van der Waals surface area contributed by atoms with Gasteiger partial charge in [0.05, 0.1) is 18.3 Å². The Balaban J connectivity index is 1.40. The molecule has 5 rings (SSSR count). The third-order valence-corrected chi connectivity index (χ3v) is 7.64. The van der Waals surface area contributed by atoms with E-state index >= 15 is 0 Å². The lowest BCUT2D eigenvalue weighted by Crippen LogP contribution is -2.40. The Hall–Kier alpha value is -3.49. The van der Waals surface area contributed by atoms with Crippen LogP contribution in [0, 0.1) is 5.92 Å². The van der Waals surface area contributed by atoms with Gasteiger partial charge in [-0.15, -0.1) is 0 Å². The number of hydrogen-bond donors (Lipinski definition) is 3. The van der Waals surface area contributed by atoms with E-state index in [0.717, 1.165) is 24.1 Å². The topological polar surface area (TPSA) is 110 Å². The van der Waals surface area contributed by atoms with Crippen LogP contribution in [-0.2, 0) is 26.4 Å². The molecule has 0 aliphatic carbocycles. The lowest BCUT2D eigenvalue weighted by Gasteiger charge is -2.31. The molecule has 3 N–H and O–H groups in total. The van der Waals surface area contributed by atoms with E-state index in [1.807, 2.05) is 24.3 Å². The number of nitrogens with zero attached hydrogens (tertiary/aromatic N) is 2. The van der Waals surface area contributed by atoms with E-state index in [1.165, 1.54) is 0 Å². The van der Waals surface area contributed by atoms with Gasteiger partial charge in [-0.25, -0.2) is 0 Å². The van der Waals surface area contributed by atoms with Gasteiger partial charge in [0.25, 0.3) is 5.91 Å². The third kappa shape index (κ3) is 4.00. The van der Waals surface area contributed by atoms with Crippen LogP contribution in [0.25, 0.3) is 0 Å². The van der Waals surface area contributed by atoms with Crippen LogP contribution in [0.5, 0.6) is 0 Å². The van der Waals surface area contributed by atoms with Crippen molar-refractivity contribution in [2.24, 2.45) is 5.92 Å². The Morgan fingerprint density at radius 3 is 2.83 bits per heavy atom. The van der Waals surface area contributed by atoms with Gasteiger partial charge in [0.15, 0.2) is 5.60 Å². The lowest BCUT2D eigenvalue weighted by atomic mass is 9.82. The maximum Gasteiger partial charge on any atom is 0.261 e. The molecule has 8 heteroatoms. The molecule has 2 aromatic rings. The van der Waals surface area contributed by atoms with Gasteiger partial charge in [0, 0.05) is 42.2 Å². The van der Waals surface area contributed by atoms with E-state index in [0.29, 0.717) is 36.3 Å². The monoisotopic (exact) mass is 489 g/mol. The smallest absolute Gasteiger partial charge is 0.261 e. The van der Waals surface area contributed by atoms with Gasteiger partial charge in [0.2, 0.25) is 11.8 Å². The predicted octanol–water partition coefficient (Wildman–Crippen LogP) is 3.00. The highest BCUT2D eigenvalue weighted by atomic mass is 16.3. The molecule has 3 atom stereocenters. The molecule has 3 aliphatic heterocycles. The molecule has 0 aromatic heterocycles. The summed E-state index contributed by atoms with van der Waals surface area (Å²) in [5.41, 5.74) is 1.54. The number of rotatable bonds is 6. The predicted molar refractivity (Wildman–Crippen MR) is 136 cm³/mol. The zero-order valence-corrected chi connectivity index (χ0v) is 20.3. The van der Waals surface area contributed by atoms with Crippen molar-refractivity contribution in [3.63, 3.8) is 0 Å².